The zero-order valence-corrected chi connectivity index (χ0v) is 18.3. The maximum absolute atomic E-state index is 13.2. The van der Waals surface area contributed by atoms with E-state index in [1.807, 2.05) is 24.0 Å². The first kappa shape index (κ1) is 21.0. The maximum atomic E-state index is 13.2. The van der Waals surface area contributed by atoms with Crippen molar-refractivity contribution in [2.45, 2.75) is 44.1 Å². The fourth-order valence-corrected chi connectivity index (χ4v) is 5.38. The van der Waals surface area contributed by atoms with E-state index in [-0.39, 0.29) is 11.8 Å². The first-order chi connectivity index (χ1) is 14.6. The van der Waals surface area contributed by atoms with E-state index in [1.54, 1.807) is 35.0 Å². The SMILES string of the molecule is Cc1ccc(C(=O)N2CCN(C(=O)c3cccnc3SCC3CCCCC3)CC2)o1. The summed E-state index contributed by atoms with van der Waals surface area (Å²) in [7, 11) is 0. The molecule has 1 saturated carbocycles. The standard InChI is InChI=1S/C23H29N3O3S/c1-17-9-10-20(29-17)23(28)26-14-12-25(13-15-26)22(27)19-8-5-11-24-21(19)30-16-18-6-3-2-4-7-18/h5,8-11,18H,2-4,6-7,12-16H2,1H3. The third-order valence-corrected chi connectivity index (χ3v) is 7.22. The van der Waals surface area contributed by atoms with Crippen molar-refractivity contribution in [1.82, 2.24) is 14.8 Å². The summed E-state index contributed by atoms with van der Waals surface area (Å²) in [6.07, 6.45) is 8.33. The van der Waals surface area contributed by atoms with Crippen molar-refractivity contribution >= 4 is 23.6 Å². The predicted molar refractivity (Wildman–Crippen MR) is 117 cm³/mol. The van der Waals surface area contributed by atoms with Gasteiger partial charge in [-0.3, -0.25) is 9.59 Å². The average Bonchev–Trinajstić information content (AvgIpc) is 3.24. The highest BCUT2D eigenvalue weighted by atomic mass is 32.2. The van der Waals surface area contributed by atoms with Crippen LogP contribution in [0, 0.1) is 12.8 Å². The van der Waals surface area contributed by atoms with Gasteiger partial charge in [-0.05, 0) is 49.9 Å². The summed E-state index contributed by atoms with van der Waals surface area (Å²) in [5, 5.41) is 0.831. The van der Waals surface area contributed by atoms with Crippen molar-refractivity contribution in [3.05, 3.63) is 47.5 Å². The smallest absolute Gasteiger partial charge is 0.289 e. The van der Waals surface area contributed by atoms with Crippen molar-refractivity contribution in [1.29, 1.82) is 0 Å². The van der Waals surface area contributed by atoms with Crippen LogP contribution in [0.2, 0.25) is 0 Å². The third-order valence-electron chi connectivity index (χ3n) is 5.99. The van der Waals surface area contributed by atoms with Crippen LogP contribution >= 0.6 is 11.8 Å². The molecule has 7 heteroatoms. The van der Waals surface area contributed by atoms with Crippen LogP contribution in [0.25, 0.3) is 0 Å². The molecule has 0 atom stereocenters. The van der Waals surface area contributed by atoms with Crippen molar-refractivity contribution in [3.63, 3.8) is 0 Å². The fourth-order valence-electron chi connectivity index (χ4n) is 4.21. The number of piperazine rings is 1. The quantitative estimate of drug-likeness (QED) is 0.667. The topological polar surface area (TPSA) is 66.7 Å². The van der Waals surface area contributed by atoms with Gasteiger partial charge in [0.25, 0.3) is 11.8 Å². The van der Waals surface area contributed by atoms with E-state index in [1.165, 1.54) is 32.1 Å². The summed E-state index contributed by atoms with van der Waals surface area (Å²) in [5.74, 6) is 2.74. The van der Waals surface area contributed by atoms with E-state index in [2.05, 4.69) is 4.98 Å². The van der Waals surface area contributed by atoms with Crippen LogP contribution in [0.5, 0.6) is 0 Å². The Morgan fingerprint density at radius 1 is 1.03 bits per heavy atom. The number of aryl methyl sites for hydroxylation is 1. The van der Waals surface area contributed by atoms with E-state index in [4.69, 9.17) is 4.42 Å². The van der Waals surface area contributed by atoms with E-state index in [9.17, 15) is 9.59 Å². The minimum absolute atomic E-state index is 0.00943. The first-order valence-electron chi connectivity index (χ1n) is 10.8. The lowest BCUT2D eigenvalue weighted by Gasteiger charge is -2.34. The second-order valence-corrected chi connectivity index (χ2v) is 9.17. The number of carbonyl (C=O) groups is 2. The van der Waals surface area contributed by atoms with Crippen LogP contribution in [-0.2, 0) is 0 Å². The van der Waals surface area contributed by atoms with Gasteiger partial charge in [-0.2, -0.15) is 0 Å². The molecule has 1 saturated heterocycles. The summed E-state index contributed by atoms with van der Waals surface area (Å²) in [4.78, 5) is 33.8. The number of hydrogen-bond acceptors (Lipinski definition) is 5. The molecule has 0 bridgehead atoms. The number of furan rings is 1. The van der Waals surface area contributed by atoms with Gasteiger partial charge in [-0.1, -0.05) is 19.3 Å². The molecule has 0 spiro atoms. The predicted octanol–water partition coefficient (Wildman–Crippen LogP) is 4.25. The van der Waals surface area contributed by atoms with Gasteiger partial charge in [-0.15, -0.1) is 11.8 Å². The largest absolute Gasteiger partial charge is 0.456 e. The van der Waals surface area contributed by atoms with Crippen LogP contribution in [0.15, 0.2) is 39.9 Å². The molecule has 4 rings (SSSR count). The van der Waals surface area contributed by atoms with Crippen LogP contribution in [0.3, 0.4) is 0 Å². The minimum Gasteiger partial charge on any atom is -0.456 e. The lowest BCUT2D eigenvalue weighted by Crippen LogP contribution is -2.50. The molecular weight excluding hydrogens is 398 g/mol. The van der Waals surface area contributed by atoms with Crippen LogP contribution in [-0.4, -0.2) is 58.5 Å². The van der Waals surface area contributed by atoms with Gasteiger partial charge < -0.3 is 14.2 Å². The van der Waals surface area contributed by atoms with Crippen molar-refractivity contribution < 1.29 is 14.0 Å². The Labute approximate surface area is 182 Å². The molecule has 0 aromatic carbocycles. The molecule has 160 valence electrons. The maximum Gasteiger partial charge on any atom is 0.289 e. The Morgan fingerprint density at radius 2 is 1.73 bits per heavy atom. The molecule has 2 aliphatic rings. The van der Waals surface area contributed by atoms with Gasteiger partial charge in [0.1, 0.15) is 10.8 Å². The summed E-state index contributed by atoms with van der Waals surface area (Å²) >= 11 is 1.72. The molecule has 2 amide bonds. The molecule has 1 aliphatic carbocycles. The highest BCUT2D eigenvalue weighted by Gasteiger charge is 2.28. The number of amides is 2. The van der Waals surface area contributed by atoms with E-state index < -0.39 is 0 Å². The Hall–Kier alpha value is -2.28. The number of aromatic nitrogens is 1. The second kappa shape index (κ2) is 9.69. The zero-order valence-electron chi connectivity index (χ0n) is 17.5. The minimum atomic E-state index is -0.111. The monoisotopic (exact) mass is 427 g/mol. The molecule has 2 fully saturated rings. The Kier molecular flexibility index (Phi) is 6.77. The Bertz CT molecular complexity index is 883. The van der Waals surface area contributed by atoms with Crippen LogP contribution in [0.4, 0.5) is 0 Å². The number of pyridine rings is 1. The van der Waals surface area contributed by atoms with E-state index in [0.717, 1.165) is 22.5 Å². The lowest BCUT2D eigenvalue weighted by molar-refractivity contribution is 0.0515. The van der Waals surface area contributed by atoms with Gasteiger partial charge in [0.15, 0.2) is 5.76 Å². The van der Waals surface area contributed by atoms with Crippen molar-refractivity contribution in [3.8, 4) is 0 Å². The summed E-state index contributed by atoms with van der Waals surface area (Å²) < 4.78 is 5.45. The highest BCUT2D eigenvalue weighted by Crippen LogP contribution is 2.31. The van der Waals surface area contributed by atoms with E-state index >= 15 is 0 Å². The summed E-state index contributed by atoms with van der Waals surface area (Å²) in [6.45, 7) is 3.88. The number of thioether (sulfide) groups is 1. The molecule has 2 aromatic rings. The van der Waals surface area contributed by atoms with Crippen LogP contribution in [0.1, 0.15) is 58.8 Å². The molecule has 2 aromatic heterocycles. The number of nitrogens with zero attached hydrogens (tertiary/aromatic N) is 3. The lowest BCUT2D eigenvalue weighted by atomic mass is 9.91. The number of rotatable bonds is 5. The van der Waals surface area contributed by atoms with Gasteiger partial charge >= 0.3 is 0 Å². The molecule has 30 heavy (non-hydrogen) atoms. The fraction of sp³-hybridized carbons (Fsp3) is 0.522. The normalized spacial score (nSPS) is 17.9. The van der Waals surface area contributed by atoms with E-state index in [0.29, 0.717) is 37.5 Å². The Balaban J connectivity index is 1.35. The molecule has 6 nitrogen and oxygen atoms in total. The molecular formula is C23H29N3O3S. The zero-order chi connectivity index (χ0) is 20.9. The molecule has 1 aliphatic heterocycles. The second-order valence-electron chi connectivity index (χ2n) is 8.17. The molecule has 0 N–H and O–H groups in total. The molecule has 0 unspecified atom stereocenters. The Morgan fingerprint density at radius 3 is 2.40 bits per heavy atom. The number of carbonyl (C=O) groups excluding carboxylic acids is 2. The van der Waals surface area contributed by atoms with Crippen molar-refractivity contribution in [2.24, 2.45) is 5.92 Å². The van der Waals surface area contributed by atoms with Gasteiger partial charge in [-0.25, -0.2) is 4.98 Å². The van der Waals surface area contributed by atoms with Crippen molar-refractivity contribution in [2.75, 3.05) is 31.9 Å². The van der Waals surface area contributed by atoms with Crippen LogP contribution < -0.4 is 0 Å². The first-order valence-corrected chi connectivity index (χ1v) is 11.8. The summed E-state index contributed by atoms with van der Waals surface area (Å²) in [5.41, 5.74) is 0.680. The third kappa shape index (κ3) is 4.89. The number of hydrogen-bond donors (Lipinski definition) is 0. The van der Waals surface area contributed by atoms with Gasteiger partial charge in [0.05, 0.1) is 5.56 Å². The van der Waals surface area contributed by atoms with Gasteiger partial charge in [0, 0.05) is 38.1 Å². The summed E-state index contributed by atoms with van der Waals surface area (Å²) in [6, 6.07) is 7.21. The molecule has 3 heterocycles. The average molecular weight is 428 g/mol. The van der Waals surface area contributed by atoms with Gasteiger partial charge in [0.2, 0.25) is 0 Å². The highest BCUT2D eigenvalue weighted by molar-refractivity contribution is 7.99. The molecule has 0 radical (unpaired) electrons.